The average molecular weight is 428 g/mol. The van der Waals surface area contributed by atoms with Gasteiger partial charge in [-0.1, -0.05) is 66.7 Å². The Labute approximate surface area is 179 Å². The largest absolute Gasteiger partial charge is 0.325 e. The zero-order valence-electron chi connectivity index (χ0n) is 16.2. The number of carbonyl (C=O) groups is 1. The van der Waals surface area contributed by atoms with Gasteiger partial charge in [-0.05, 0) is 36.6 Å². The molecule has 0 bridgehead atoms. The molecule has 0 radical (unpaired) electrons. The SMILES string of the molecule is CCCc1nnc2n1N[C@H](c1ccccc1)[C@H](C(=O)Nc1cc(Cl)ccc1C)S2. The normalized spacial score (nSPS) is 18.0. The van der Waals surface area contributed by atoms with Crippen LogP contribution in [0.3, 0.4) is 0 Å². The number of hydrogen-bond donors (Lipinski definition) is 2. The topological polar surface area (TPSA) is 71.8 Å². The number of carbonyl (C=O) groups excluding carboxylic acids is 1. The molecule has 0 aliphatic carbocycles. The van der Waals surface area contributed by atoms with E-state index < -0.39 is 5.25 Å². The third-order valence-corrected chi connectivity index (χ3v) is 6.30. The van der Waals surface area contributed by atoms with E-state index in [0.29, 0.717) is 15.9 Å². The van der Waals surface area contributed by atoms with Crippen LogP contribution < -0.4 is 10.7 Å². The number of nitrogens with zero attached hydrogens (tertiary/aromatic N) is 3. The molecule has 2 N–H and O–H groups in total. The smallest absolute Gasteiger partial charge is 0.240 e. The van der Waals surface area contributed by atoms with Crippen molar-refractivity contribution in [2.24, 2.45) is 0 Å². The molecule has 1 amide bonds. The standard InChI is InChI=1S/C21H22ClN5OS/c1-3-7-17-24-25-21-27(17)26-18(14-8-5-4-6-9-14)19(29-21)20(28)23-16-12-15(22)11-10-13(16)2/h4-6,8-12,18-19,26H,3,7H2,1-2H3,(H,23,28)/t18-,19-/m1/s1. The van der Waals surface area contributed by atoms with E-state index in [0.717, 1.165) is 29.8 Å². The summed E-state index contributed by atoms with van der Waals surface area (Å²) < 4.78 is 1.92. The summed E-state index contributed by atoms with van der Waals surface area (Å²) in [4.78, 5) is 13.3. The van der Waals surface area contributed by atoms with Gasteiger partial charge in [0.15, 0.2) is 5.82 Å². The van der Waals surface area contributed by atoms with E-state index in [9.17, 15) is 4.79 Å². The van der Waals surface area contributed by atoms with Crippen LogP contribution in [-0.2, 0) is 11.2 Å². The number of aromatic nitrogens is 3. The summed E-state index contributed by atoms with van der Waals surface area (Å²) in [5, 5.41) is 12.5. The van der Waals surface area contributed by atoms with Crippen LogP contribution in [0.4, 0.5) is 5.69 Å². The van der Waals surface area contributed by atoms with Gasteiger partial charge >= 0.3 is 0 Å². The van der Waals surface area contributed by atoms with Crippen LogP contribution in [0.25, 0.3) is 0 Å². The number of thioether (sulfide) groups is 1. The third-order valence-electron chi connectivity index (χ3n) is 4.85. The van der Waals surface area contributed by atoms with Gasteiger partial charge in [0, 0.05) is 17.1 Å². The highest BCUT2D eigenvalue weighted by Gasteiger charge is 2.37. The van der Waals surface area contributed by atoms with E-state index in [4.69, 9.17) is 11.6 Å². The van der Waals surface area contributed by atoms with Gasteiger partial charge in [-0.3, -0.25) is 4.79 Å². The molecule has 1 aliphatic rings. The van der Waals surface area contributed by atoms with E-state index in [-0.39, 0.29) is 11.9 Å². The van der Waals surface area contributed by atoms with Crippen LogP contribution in [0.1, 0.15) is 36.3 Å². The van der Waals surface area contributed by atoms with Gasteiger partial charge in [-0.2, -0.15) is 0 Å². The number of aryl methyl sites for hydroxylation is 2. The predicted molar refractivity (Wildman–Crippen MR) is 117 cm³/mol. The monoisotopic (exact) mass is 427 g/mol. The third kappa shape index (κ3) is 4.11. The number of halogens is 1. The maximum atomic E-state index is 13.3. The first-order valence-corrected chi connectivity index (χ1v) is 10.8. The van der Waals surface area contributed by atoms with Crippen molar-refractivity contribution in [1.29, 1.82) is 0 Å². The summed E-state index contributed by atoms with van der Waals surface area (Å²) in [5.41, 5.74) is 6.18. The van der Waals surface area contributed by atoms with Crippen molar-refractivity contribution in [3.8, 4) is 0 Å². The summed E-state index contributed by atoms with van der Waals surface area (Å²) in [5.74, 6) is 0.772. The molecular formula is C21H22ClN5OS. The molecule has 150 valence electrons. The minimum atomic E-state index is -0.415. The Hall–Kier alpha value is -2.51. The van der Waals surface area contributed by atoms with Gasteiger partial charge in [0.1, 0.15) is 5.25 Å². The molecule has 0 saturated heterocycles. The molecule has 2 atom stereocenters. The van der Waals surface area contributed by atoms with Crippen molar-refractivity contribution in [2.45, 2.75) is 43.1 Å². The van der Waals surface area contributed by atoms with E-state index in [1.807, 2.05) is 54.1 Å². The lowest BCUT2D eigenvalue weighted by molar-refractivity contribution is -0.116. The average Bonchev–Trinajstić information content (AvgIpc) is 3.12. The summed E-state index contributed by atoms with van der Waals surface area (Å²) in [6.45, 7) is 4.05. The molecule has 2 aromatic carbocycles. The summed E-state index contributed by atoms with van der Waals surface area (Å²) >= 11 is 7.55. The minimum absolute atomic E-state index is 0.104. The Morgan fingerprint density at radius 2 is 2.03 bits per heavy atom. The number of hydrogen-bond acceptors (Lipinski definition) is 5. The maximum Gasteiger partial charge on any atom is 0.240 e. The highest BCUT2D eigenvalue weighted by molar-refractivity contribution is 8.00. The molecule has 0 saturated carbocycles. The van der Waals surface area contributed by atoms with Crippen LogP contribution >= 0.6 is 23.4 Å². The highest BCUT2D eigenvalue weighted by Crippen LogP contribution is 2.38. The molecule has 0 unspecified atom stereocenters. The van der Waals surface area contributed by atoms with Crippen molar-refractivity contribution in [3.63, 3.8) is 0 Å². The van der Waals surface area contributed by atoms with Crippen molar-refractivity contribution in [2.75, 3.05) is 10.7 Å². The van der Waals surface area contributed by atoms with Gasteiger partial charge in [-0.15, -0.1) is 10.2 Å². The molecule has 1 aromatic heterocycles. The molecule has 4 rings (SSSR count). The lowest BCUT2D eigenvalue weighted by atomic mass is 10.0. The van der Waals surface area contributed by atoms with Crippen LogP contribution in [0.5, 0.6) is 0 Å². The number of anilines is 1. The number of amides is 1. The number of benzene rings is 2. The quantitative estimate of drug-likeness (QED) is 0.623. The number of nitrogens with one attached hydrogen (secondary N) is 2. The van der Waals surface area contributed by atoms with Crippen molar-refractivity contribution < 1.29 is 4.79 Å². The molecule has 6 nitrogen and oxygen atoms in total. The first-order valence-electron chi connectivity index (χ1n) is 9.56. The number of rotatable bonds is 5. The first-order chi connectivity index (χ1) is 14.1. The summed E-state index contributed by atoms with van der Waals surface area (Å²) in [6, 6.07) is 15.2. The fourth-order valence-electron chi connectivity index (χ4n) is 3.33. The van der Waals surface area contributed by atoms with Gasteiger partial charge in [0.05, 0.1) is 6.04 Å². The Kier molecular flexibility index (Phi) is 5.78. The second-order valence-electron chi connectivity index (χ2n) is 6.99. The molecule has 2 heterocycles. The van der Waals surface area contributed by atoms with Crippen molar-refractivity contribution in [1.82, 2.24) is 14.9 Å². The Morgan fingerprint density at radius 3 is 2.79 bits per heavy atom. The highest BCUT2D eigenvalue weighted by atomic mass is 35.5. The fourth-order valence-corrected chi connectivity index (χ4v) is 4.60. The van der Waals surface area contributed by atoms with E-state index >= 15 is 0 Å². The van der Waals surface area contributed by atoms with E-state index in [2.05, 4.69) is 27.9 Å². The van der Waals surface area contributed by atoms with E-state index in [1.54, 1.807) is 6.07 Å². The molecule has 3 aromatic rings. The predicted octanol–water partition coefficient (Wildman–Crippen LogP) is 4.59. The van der Waals surface area contributed by atoms with Crippen LogP contribution in [-0.4, -0.2) is 26.0 Å². The zero-order valence-corrected chi connectivity index (χ0v) is 17.8. The summed E-state index contributed by atoms with van der Waals surface area (Å²) in [6.07, 6.45) is 1.79. The van der Waals surface area contributed by atoms with Crippen LogP contribution in [0.2, 0.25) is 5.02 Å². The molecule has 1 aliphatic heterocycles. The molecule has 0 fully saturated rings. The maximum absolute atomic E-state index is 13.3. The molecule has 8 heteroatoms. The lowest BCUT2D eigenvalue weighted by Gasteiger charge is -2.33. The first kappa shape index (κ1) is 19.8. The molecular weight excluding hydrogens is 406 g/mol. The van der Waals surface area contributed by atoms with Gasteiger partial charge < -0.3 is 10.7 Å². The molecule has 29 heavy (non-hydrogen) atoms. The van der Waals surface area contributed by atoms with Gasteiger partial charge in [0.2, 0.25) is 11.1 Å². The van der Waals surface area contributed by atoms with E-state index in [1.165, 1.54) is 11.8 Å². The van der Waals surface area contributed by atoms with Gasteiger partial charge in [0.25, 0.3) is 0 Å². The van der Waals surface area contributed by atoms with Gasteiger partial charge in [-0.25, -0.2) is 4.68 Å². The Morgan fingerprint density at radius 1 is 1.24 bits per heavy atom. The van der Waals surface area contributed by atoms with Crippen LogP contribution in [0.15, 0.2) is 53.7 Å². The summed E-state index contributed by atoms with van der Waals surface area (Å²) in [7, 11) is 0. The fraction of sp³-hybridized carbons (Fsp3) is 0.286. The van der Waals surface area contributed by atoms with Crippen LogP contribution in [0, 0.1) is 6.92 Å². The Bertz CT molecular complexity index is 1020. The second kappa shape index (κ2) is 8.47. The zero-order chi connectivity index (χ0) is 20.4. The van der Waals surface area contributed by atoms with Crippen molar-refractivity contribution >= 4 is 35.0 Å². The lowest BCUT2D eigenvalue weighted by Crippen LogP contribution is -2.41. The Balaban J connectivity index is 1.67. The van der Waals surface area contributed by atoms with Crippen molar-refractivity contribution in [3.05, 3.63) is 70.5 Å². The second-order valence-corrected chi connectivity index (χ2v) is 8.53. The molecule has 0 spiro atoms. The minimum Gasteiger partial charge on any atom is -0.325 e. The number of fused-ring (bicyclic) bond motifs is 1.